The zero-order valence-electron chi connectivity index (χ0n) is 12.3. The maximum atomic E-state index is 12.1. The molecule has 2 rings (SSSR count). The van der Waals surface area contributed by atoms with E-state index in [0.717, 1.165) is 31.6 Å². The molecule has 0 saturated carbocycles. The van der Waals surface area contributed by atoms with Gasteiger partial charge in [-0.15, -0.1) is 0 Å². The van der Waals surface area contributed by atoms with Gasteiger partial charge in [-0.05, 0) is 37.1 Å². The van der Waals surface area contributed by atoms with Gasteiger partial charge in [0.2, 0.25) is 5.91 Å². The number of amides is 1. The maximum absolute atomic E-state index is 12.1. The number of benzene rings is 1. The van der Waals surface area contributed by atoms with Crippen LogP contribution in [0.25, 0.3) is 0 Å². The van der Waals surface area contributed by atoms with E-state index in [-0.39, 0.29) is 17.3 Å². The lowest BCUT2D eigenvalue weighted by molar-refractivity contribution is -0.129. The van der Waals surface area contributed by atoms with Crippen LogP contribution in [0, 0.1) is 0 Å². The Hall–Kier alpha value is -1.56. The molecule has 1 aliphatic heterocycles. The quantitative estimate of drug-likeness (QED) is 0.922. The molecule has 6 heteroatoms. The minimum Gasteiger partial charge on any atom is -0.376 e. The Morgan fingerprint density at radius 1 is 1.10 bits per heavy atom. The fraction of sp³-hybridized carbons (Fsp3) is 0.533. The molecule has 5 nitrogen and oxygen atoms in total. The first-order valence-corrected chi connectivity index (χ1v) is 9.18. The minimum atomic E-state index is -3.17. The van der Waals surface area contributed by atoms with Crippen molar-refractivity contribution in [2.45, 2.75) is 30.6 Å². The first kappa shape index (κ1) is 15.8. The Labute approximate surface area is 126 Å². The van der Waals surface area contributed by atoms with Crippen molar-refractivity contribution in [3.63, 3.8) is 0 Å². The zero-order chi connectivity index (χ0) is 15.3. The van der Waals surface area contributed by atoms with Crippen molar-refractivity contribution in [3.05, 3.63) is 24.3 Å². The molecule has 0 aromatic heterocycles. The standard InChI is InChI=1S/C15H22N2O3S/c1-21(19,20)14-8-6-13(7-9-14)16-12-15(18)17-10-4-2-3-5-11-17/h6-9,16H,2-5,10-12H2,1H3. The Balaban J connectivity index is 1.89. The van der Waals surface area contributed by atoms with E-state index in [0.29, 0.717) is 0 Å². The first-order valence-electron chi connectivity index (χ1n) is 7.28. The van der Waals surface area contributed by atoms with Gasteiger partial charge in [0.05, 0.1) is 11.4 Å². The summed E-state index contributed by atoms with van der Waals surface area (Å²) in [5.74, 6) is 0.101. The van der Waals surface area contributed by atoms with Crippen LogP contribution < -0.4 is 5.32 Å². The molecule has 1 fully saturated rings. The van der Waals surface area contributed by atoms with Crippen LogP contribution in [0.3, 0.4) is 0 Å². The fourth-order valence-electron chi connectivity index (χ4n) is 2.43. The molecule has 1 aromatic rings. The Kier molecular flexibility index (Phi) is 5.22. The van der Waals surface area contributed by atoms with E-state index < -0.39 is 9.84 Å². The van der Waals surface area contributed by atoms with E-state index in [1.165, 1.54) is 19.1 Å². The minimum absolute atomic E-state index is 0.101. The van der Waals surface area contributed by atoms with Crippen molar-refractivity contribution in [1.82, 2.24) is 4.90 Å². The number of hydrogen-bond acceptors (Lipinski definition) is 4. The second-order valence-corrected chi connectivity index (χ2v) is 7.46. The molecule has 0 bridgehead atoms. The number of hydrogen-bond donors (Lipinski definition) is 1. The summed E-state index contributed by atoms with van der Waals surface area (Å²) in [5.41, 5.74) is 0.755. The molecule has 21 heavy (non-hydrogen) atoms. The highest BCUT2D eigenvalue weighted by Crippen LogP contribution is 2.14. The average Bonchev–Trinajstić information content (AvgIpc) is 2.73. The second-order valence-electron chi connectivity index (χ2n) is 5.45. The van der Waals surface area contributed by atoms with E-state index in [2.05, 4.69) is 5.32 Å². The SMILES string of the molecule is CS(=O)(=O)c1ccc(NCC(=O)N2CCCCCC2)cc1. The van der Waals surface area contributed by atoms with Crippen molar-refractivity contribution < 1.29 is 13.2 Å². The van der Waals surface area contributed by atoms with E-state index >= 15 is 0 Å². The normalized spacial score (nSPS) is 16.3. The van der Waals surface area contributed by atoms with Gasteiger partial charge in [-0.25, -0.2) is 8.42 Å². The van der Waals surface area contributed by atoms with E-state index in [9.17, 15) is 13.2 Å². The lowest BCUT2D eigenvalue weighted by Crippen LogP contribution is -2.36. The van der Waals surface area contributed by atoms with E-state index in [1.54, 1.807) is 24.3 Å². The molecular weight excluding hydrogens is 288 g/mol. The Morgan fingerprint density at radius 2 is 1.67 bits per heavy atom. The summed E-state index contributed by atoms with van der Waals surface area (Å²) in [5, 5.41) is 3.05. The first-order chi connectivity index (χ1) is 9.97. The predicted octanol–water partition coefficient (Wildman–Crippen LogP) is 1.90. The predicted molar refractivity (Wildman–Crippen MR) is 83.1 cm³/mol. The van der Waals surface area contributed by atoms with Crippen molar-refractivity contribution in [3.8, 4) is 0 Å². The van der Waals surface area contributed by atoms with Gasteiger partial charge in [-0.1, -0.05) is 12.8 Å². The molecule has 0 aliphatic carbocycles. The smallest absolute Gasteiger partial charge is 0.241 e. The van der Waals surface area contributed by atoms with Gasteiger partial charge in [0.1, 0.15) is 0 Å². The van der Waals surface area contributed by atoms with Gasteiger partial charge in [0.15, 0.2) is 9.84 Å². The molecule has 0 unspecified atom stereocenters. The highest BCUT2D eigenvalue weighted by molar-refractivity contribution is 7.90. The van der Waals surface area contributed by atoms with Gasteiger partial charge in [0.25, 0.3) is 0 Å². The fourth-order valence-corrected chi connectivity index (χ4v) is 3.06. The Bertz CT molecular complexity index is 573. The van der Waals surface area contributed by atoms with Gasteiger partial charge in [-0.3, -0.25) is 4.79 Å². The molecule has 116 valence electrons. The Morgan fingerprint density at radius 3 is 2.19 bits per heavy atom. The van der Waals surface area contributed by atoms with Crippen LogP contribution in [0.2, 0.25) is 0 Å². The van der Waals surface area contributed by atoms with Crippen molar-refractivity contribution >= 4 is 21.4 Å². The number of likely N-dealkylation sites (tertiary alicyclic amines) is 1. The van der Waals surface area contributed by atoms with Gasteiger partial charge in [0, 0.05) is 25.0 Å². The number of anilines is 1. The highest BCUT2D eigenvalue weighted by atomic mass is 32.2. The molecule has 1 N–H and O–H groups in total. The third kappa shape index (κ3) is 4.74. The third-order valence-corrected chi connectivity index (χ3v) is 4.81. The van der Waals surface area contributed by atoms with E-state index in [4.69, 9.17) is 0 Å². The summed E-state index contributed by atoms with van der Waals surface area (Å²) in [6.07, 6.45) is 5.73. The van der Waals surface area contributed by atoms with Gasteiger partial charge >= 0.3 is 0 Å². The average molecular weight is 310 g/mol. The van der Waals surface area contributed by atoms with Crippen LogP contribution in [-0.2, 0) is 14.6 Å². The molecule has 1 saturated heterocycles. The molecule has 1 amide bonds. The number of nitrogens with zero attached hydrogens (tertiary/aromatic N) is 1. The van der Waals surface area contributed by atoms with Gasteiger partial charge in [-0.2, -0.15) is 0 Å². The number of nitrogens with one attached hydrogen (secondary N) is 1. The number of carbonyl (C=O) groups is 1. The molecule has 1 aromatic carbocycles. The van der Waals surface area contributed by atoms with Crippen LogP contribution >= 0.6 is 0 Å². The van der Waals surface area contributed by atoms with Crippen LogP contribution in [0.1, 0.15) is 25.7 Å². The third-order valence-electron chi connectivity index (χ3n) is 3.68. The molecule has 0 atom stereocenters. The summed E-state index contributed by atoms with van der Waals surface area (Å²) in [6.45, 7) is 1.93. The summed E-state index contributed by atoms with van der Waals surface area (Å²) in [7, 11) is -3.17. The van der Waals surface area contributed by atoms with Crippen LogP contribution in [-0.4, -0.2) is 45.1 Å². The van der Waals surface area contributed by atoms with Crippen molar-refractivity contribution in [2.24, 2.45) is 0 Å². The molecule has 0 spiro atoms. The van der Waals surface area contributed by atoms with Crippen LogP contribution in [0.5, 0.6) is 0 Å². The number of carbonyl (C=O) groups excluding carboxylic acids is 1. The lowest BCUT2D eigenvalue weighted by Gasteiger charge is -2.20. The lowest BCUT2D eigenvalue weighted by atomic mass is 10.2. The number of sulfone groups is 1. The zero-order valence-corrected chi connectivity index (χ0v) is 13.2. The molecule has 0 radical (unpaired) electrons. The summed E-state index contributed by atoms with van der Waals surface area (Å²) in [6, 6.07) is 6.47. The monoisotopic (exact) mass is 310 g/mol. The van der Waals surface area contributed by atoms with Gasteiger partial charge < -0.3 is 10.2 Å². The molecular formula is C15H22N2O3S. The topological polar surface area (TPSA) is 66.5 Å². The van der Waals surface area contributed by atoms with Crippen molar-refractivity contribution in [2.75, 3.05) is 31.2 Å². The molecule has 1 aliphatic rings. The van der Waals surface area contributed by atoms with Crippen LogP contribution in [0.4, 0.5) is 5.69 Å². The summed E-state index contributed by atoms with van der Waals surface area (Å²) < 4.78 is 22.7. The maximum Gasteiger partial charge on any atom is 0.241 e. The number of rotatable bonds is 4. The largest absolute Gasteiger partial charge is 0.376 e. The molecule has 1 heterocycles. The summed E-state index contributed by atoms with van der Waals surface area (Å²) in [4.78, 5) is 14.3. The highest BCUT2D eigenvalue weighted by Gasteiger charge is 2.15. The van der Waals surface area contributed by atoms with Crippen molar-refractivity contribution in [1.29, 1.82) is 0 Å². The summed E-state index contributed by atoms with van der Waals surface area (Å²) >= 11 is 0. The van der Waals surface area contributed by atoms with Crippen LogP contribution in [0.15, 0.2) is 29.2 Å². The van der Waals surface area contributed by atoms with E-state index in [1.807, 2.05) is 4.90 Å². The second kappa shape index (κ2) is 6.93.